The van der Waals surface area contributed by atoms with E-state index in [9.17, 15) is 4.39 Å². The number of hydrogen-bond acceptors (Lipinski definition) is 5. The fraction of sp³-hybridized carbons (Fsp3) is 0.353. The second-order valence-corrected chi connectivity index (χ2v) is 5.99. The topological polar surface area (TPSA) is 55.6 Å². The normalized spacial score (nSPS) is 15.8. The van der Waals surface area contributed by atoms with Gasteiger partial charge >= 0.3 is 0 Å². The fourth-order valence-corrected chi connectivity index (χ4v) is 3.04. The molecule has 124 valence electrons. The first-order chi connectivity index (χ1) is 11.7. The molecular formula is C17H18FN5O. The lowest BCUT2D eigenvalue weighted by Crippen LogP contribution is -2.39. The van der Waals surface area contributed by atoms with E-state index in [1.165, 1.54) is 18.5 Å². The Morgan fingerprint density at radius 3 is 2.67 bits per heavy atom. The minimum atomic E-state index is -0.248. The number of hydrogen-bond donors (Lipinski definition) is 0. The molecule has 0 aliphatic carbocycles. The largest absolute Gasteiger partial charge is 0.490 e. The van der Waals surface area contributed by atoms with E-state index in [1.54, 1.807) is 16.6 Å². The lowest BCUT2D eigenvalue weighted by molar-refractivity contribution is 0.170. The third-order valence-corrected chi connectivity index (χ3v) is 4.24. The maximum absolute atomic E-state index is 13.0. The highest BCUT2D eigenvalue weighted by atomic mass is 19.1. The first kappa shape index (κ1) is 14.9. The van der Waals surface area contributed by atoms with Gasteiger partial charge in [0.25, 0.3) is 5.78 Å². The number of rotatable bonds is 3. The summed E-state index contributed by atoms with van der Waals surface area (Å²) in [7, 11) is 0. The van der Waals surface area contributed by atoms with Crippen LogP contribution >= 0.6 is 0 Å². The lowest BCUT2D eigenvalue weighted by atomic mass is 10.1. The second-order valence-electron chi connectivity index (χ2n) is 5.99. The molecule has 24 heavy (non-hydrogen) atoms. The molecule has 1 aliphatic rings. The van der Waals surface area contributed by atoms with E-state index < -0.39 is 0 Å². The van der Waals surface area contributed by atoms with E-state index in [2.05, 4.69) is 20.0 Å². The highest BCUT2D eigenvalue weighted by Gasteiger charge is 2.23. The van der Waals surface area contributed by atoms with Crippen molar-refractivity contribution in [2.24, 2.45) is 0 Å². The van der Waals surface area contributed by atoms with E-state index in [1.807, 2.05) is 13.0 Å². The number of piperidine rings is 1. The molecule has 4 rings (SSSR count). The van der Waals surface area contributed by atoms with Gasteiger partial charge < -0.3 is 9.64 Å². The highest BCUT2D eigenvalue weighted by molar-refractivity contribution is 5.47. The van der Waals surface area contributed by atoms with Gasteiger partial charge in [-0.15, -0.1) is 0 Å². The van der Waals surface area contributed by atoms with Gasteiger partial charge in [0, 0.05) is 37.7 Å². The molecular weight excluding hydrogens is 309 g/mol. The summed E-state index contributed by atoms with van der Waals surface area (Å²) < 4.78 is 20.7. The maximum atomic E-state index is 13.0. The molecule has 3 aromatic rings. The van der Waals surface area contributed by atoms with E-state index in [-0.39, 0.29) is 11.9 Å². The molecule has 0 radical (unpaired) electrons. The van der Waals surface area contributed by atoms with E-state index >= 15 is 0 Å². The van der Waals surface area contributed by atoms with Gasteiger partial charge in [-0.3, -0.25) is 0 Å². The summed E-state index contributed by atoms with van der Waals surface area (Å²) in [5.41, 5.74) is 0.926. The molecule has 0 spiro atoms. The van der Waals surface area contributed by atoms with Gasteiger partial charge in [-0.2, -0.15) is 14.6 Å². The van der Waals surface area contributed by atoms with Gasteiger partial charge in [-0.25, -0.2) is 9.37 Å². The molecule has 3 heterocycles. The SMILES string of the molecule is Cc1cc(N2CCC(Oc3ccc(F)cc3)CC2)n2ncnc2n1. The van der Waals surface area contributed by atoms with Crippen molar-refractivity contribution in [3.05, 3.63) is 48.2 Å². The van der Waals surface area contributed by atoms with Crippen molar-refractivity contribution in [2.75, 3.05) is 18.0 Å². The molecule has 2 aromatic heterocycles. The standard InChI is InChI=1S/C17H18FN5O/c1-12-10-16(23-17(21-12)19-11-20-23)22-8-6-15(7-9-22)24-14-4-2-13(18)3-5-14/h2-5,10-11,15H,6-9H2,1H3. The summed E-state index contributed by atoms with van der Waals surface area (Å²) in [4.78, 5) is 10.8. The zero-order valence-corrected chi connectivity index (χ0v) is 13.4. The molecule has 1 fully saturated rings. The van der Waals surface area contributed by atoms with Crippen LogP contribution in [0.4, 0.5) is 10.2 Å². The summed E-state index contributed by atoms with van der Waals surface area (Å²) in [6.07, 6.45) is 3.46. The second kappa shape index (κ2) is 6.07. The molecule has 0 atom stereocenters. The molecule has 6 nitrogen and oxygen atoms in total. The molecule has 0 amide bonds. The van der Waals surface area contributed by atoms with Gasteiger partial charge in [-0.05, 0) is 31.2 Å². The Morgan fingerprint density at radius 1 is 1.17 bits per heavy atom. The molecule has 1 aliphatic heterocycles. The quantitative estimate of drug-likeness (QED) is 0.740. The van der Waals surface area contributed by atoms with Gasteiger partial charge in [0.15, 0.2) is 0 Å². The summed E-state index contributed by atoms with van der Waals surface area (Å²) in [5.74, 6) is 2.10. The molecule has 0 bridgehead atoms. The molecule has 1 aromatic carbocycles. The van der Waals surface area contributed by atoms with Crippen molar-refractivity contribution in [2.45, 2.75) is 25.9 Å². The Bertz CT molecular complexity index is 840. The number of ether oxygens (including phenoxy) is 1. The van der Waals surface area contributed by atoms with Crippen LogP contribution in [0.2, 0.25) is 0 Å². The number of anilines is 1. The third-order valence-electron chi connectivity index (χ3n) is 4.24. The van der Waals surface area contributed by atoms with Crippen molar-refractivity contribution in [3.8, 4) is 5.75 Å². The highest BCUT2D eigenvalue weighted by Crippen LogP contribution is 2.24. The Labute approximate surface area is 138 Å². The van der Waals surface area contributed by atoms with Gasteiger partial charge in [0.1, 0.15) is 29.8 Å². The average Bonchev–Trinajstić information content (AvgIpc) is 3.05. The number of benzene rings is 1. The number of aromatic nitrogens is 4. The molecule has 0 N–H and O–H groups in total. The van der Waals surface area contributed by atoms with Gasteiger partial charge in [-0.1, -0.05) is 0 Å². The zero-order valence-electron chi connectivity index (χ0n) is 13.4. The number of nitrogens with zero attached hydrogens (tertiary/aromatic N) is 5. The molecule has 0 saturated carbocycles. The van der Waals surface area contributed by atoms with Crippen LogP contribution in [0, 0.1) is 12.7 Å². The molecule has 0 unspecified atom stereocenters. The summed E-state index contributed by atoms with van der Waals surface area (Å²) in [6.45, 7) is 3.69. The summed E-state index contributed by atoms with van der Waals surface area (Å²) >= 11 is 0. The number of halogens is 1. The van der Waals surface area contributed by atoms with Crippen molar-refractivity contribution in [1.82, 2.24) is 19.6 Å². The number of fused-ring (bicyclic) bond motifs is 1. The van der Waals surface area contributed by atoms with E-state index in [0.717, 1.165) is 37.4 Å². The maximum Gasteiger partial charge on any atom is 0.254 e. The predicted molar refractivity (Wildman–Crippen MR) is 87.8 cm³/mol. The molecule has 7 heteroatoms. The Kier molecular flexibility index (Phi) is 3.76. The monoisotopic (exact) mass is 327 g/mol. The fourth-order valence-electron chi connectivity index (χ4n) is 3.04. The van der Waals surface area contributed by atoms with Gasteiger partial charge in [0.05, 0.1) is 0 Å². The third kappa shape index (κ3) is 2.89. The zero-order chi connectivity index (χ0) is 16.5. The van der Waals surface area contributed by atoms with Gasteiger partial charge in [0.2, 0.25) is 0 Å². The Balaban J connectivity index is 1.45. The van der Waals surface area contributed by atoms with E-state index in [0.29, 0.717) is 11.5 Å². The number of aryl methyl sites for hydroxylation is 1. The van der Waals surface area contributed by atoms with Crippen molar-refractivity contribution in [1.29, 1.82) is 0 Å². The van der Waals surface area contributed by atoms with Crippen LogP contribution in [0.1, 0.15) is 18.5 Å². The summed E-state index contributed by atoms with van der Waals surface area (Å²) in [5, 5.41) is 4.26. The van der Waals surface area contributed by atoms with Crippen LogP contribution in [0.25, 0.3) is 5.78 Å². The lowest BCUT2D eigenvalue weighted by Gasteiger charge is -2.33. The van der Waals surface area contributed by atoms with Crippen LogP contribution in [-0.2, 0) is 0 Å². The smallest absolute Gasteiger partial charge is 0.254 e. The van der Waals surface area contributed by atoms with E-state index in [4.69, 9.17) is 4.74 Å². The van der Waals surface area contributed by atoms with Crippen molar-refractivity contribution >= 4 is 11.6 Å². The van der Waals surface area contributed by atoms with Crippen LogP contribution in [0.3, 0.4) is 0 Å². The Hall–Kier alpha value is -2.70. The predicted octanol–water partition coefficient (Wildman–Crippen LogP) is 2.62. The first-order valence-corrected chi connectivity index (χ1v) is 8.03. The minimum Gasteiger partial charge on any atom is -0.490 e. The van der Waals surface area contributed by atoms with Crippen LogP contribution in [-0.4, -0.2) is 38.8 Å². The van der Waals surface area contributed by atoms with Crippen LogP contribution in [0.5, 0.6) is 5.75 Å². The average molecular weight is 327 g/mol. The first-order valence-electron chi connectivity index (χ1n) is 8.03. The summed E-state index contributed by atoms with van der Waals surface area (Å²) in [6, 6.07) is 8.22. The van der Waals surface area contributed by atoms with Crippen LogP contribution < -0.4 is 9.64 Å². The van der Waals surface area contributed by atoms with Crippen LogP contribution in [0.15, 0.2) is 36.7 Å². The minimum absolute atomic E-state index is 0.140. The van der Waals surface area contributed by atoms with Crippen molar-refractivity contribution in [3.63, 3.8) is 0 Å². The molecule has 1 saturated heterocycles. The Morgan fingerprint density at radius 2 is 1.92 bits per heavy atom. The van der Waals surface area contributed by atoms with Crippen molar-refractivity contribution < 1.29 is 9.13 Å².